The van der Waals surface area contributed by atoms with Crippen LogP contribution in [0.15, 0.2) is 90.3 Å². The van der Waals surface area contributed by atoms with Crippen LogP contribution in [-0.4, -0.2) is 62.9 Å². The molecule has 1 aliphatic carbocycles. The molecule has 2 fully saturated rings. The number of amides is 2. The molecule has 4 atom stereocenters. The molecule has 15 heteroatoms. The van der Waals surface area contributed by atoms with Crippen molar-refractivity contribution < 1.29 is 36.6 Å². The first-order chi connectivity index (χ1) is 24.3. The van der Waals surface area contributed by atoms with Gasteiger partial charge in [0, 0.05) is 48.9 Å². The molecule has 2 N–H and O–H groups in total. The van der Waals surface area contributed by atoms with Crippen molar-refractivity contribution in [1.29, 1.82) is 0 Å². The largest absolute Gasteiger partial charge is 0.474 e. The van der Waals surface area contributed by atoms with Gasteiger partial charge in [0.1, 0.15) is 18.5 Å². The van der Waals surface area contributed by atoms with E-state index in [1.165, 1.54) is 29.4 Å². The Bertz CT molecular complexity index is 1880. The van der Waals surface area contributed by atoms with Crippen LogP contribution in [0.3, 0.4) is 0 Å². The van der Waals surface area contributed by atoms with E-state index in [0.29, 0.717) is 16.8 Å². The summed E-state index contributed by atoms with van der Waals surface area (Å²) in [5.41, 5.74) is 3.42. The van der Waals surface area contributed by atoms with Gasteiger partial charge in [0.2, 0.25) is 17.7 Å². The van der Waals surface area contributed by atoms with E-state index >= 15 is 0 Å². The Kier molecular flexibility index (Phi) is 9.90. The third kappa shape index (κ3) is 8.41. The van der Waals surface area contributed by atoms with E-state index in [1.54, 1.807) is 44.2 Å². The van der Waals surface area contributed by atoms with Crippen LogP contribution in [0.2, 0.25) is 0 Å². The zero-order valence-corrected chi connectivity index (χ0v) is 27.9. The zero-order chi connectivity index (χ0) is 36.3. The van der Waals surface area contributed by atoms with Crippen LogP contribution in [0.1, 0.15) is 31.9 Å². The molecule has 2 aromatic heterocycles. The third-order valence-electron chi connectivity index (χ3n) is 8.86. The van der Waals surface area contributed by atoms with Gasteiger partial charge in [-0.25, -0.2) is 29.6 Å². The summed E-state index contributed by atoms with van der Waals surface area (Å²) >= 11 is 0. The molecule has 2 unspecified atom stereocenters. The number of carbonyl (C=O) groups is 2. The van der Waals surface area contributed by atoms with Crippen LogP contribution in [0.4, 0.5) is 28.3 Å². The molecule has 2 aliphatic rings. The lowest BCUT2D eigenvalue weighted by molar-refractivity contribution is -0.175. The number of pyridine rings is 1. The van der Waals surface area contributed by atoms with Gasteiger partial charge in [-0.05, 0) is 68.3 Å². The van der Waals surface area contributed by atoms with Crippen molar-refractivity contribution in [2.75, 3.05) is 18.5 Å². The number of anilines is 1. The number of ether oxygens (including phenoxy) is 2. The second-order valence-electron chi connectivity index (χ2n) is 13.0. The van der Waals surface area contributed by atoms with E-state index in [2.05, 4.69) is 30.8 Å². The van der Waals surface area contributed by atoms with Gasteiger partial charge in [0.15, 0.2) is 5.92 Å². The monoisotopic (exact) mass is 705 g/mol. The minimum absolute atomic E-state index is 0.00458. The molecule has 2 aromatic carbocycles. The number of piperidine rings is 1. The number of carbonyl (C=O) groups excluding carboxylic acids is 2. The smallest absolute Gasteiger partial charge is 0.408 e. The highest BCUT2D eigenvalue weighted by molar-refractivity contribution is 6.04. The normalized spacial score (nSPS) is 19.2. The van der Waals surface area contributed by atoms with E-state index in [4.69, 9.17) is 9.47 Å². The fourth-order valence-electron chi connectivity index (χ4n) is 6.05. The molecular formula is C36H35F4N7O4. The SMILES string of the molecule is C/C(=N\Nc1ncccn1)C(C(=O)N1C[C@@H]2C(Oc3cc(C(C)(C)NC(=O)OCc4ccccc4)cc(-c4ccc(F)cc4)n3)[C@@H]2C1)C(F)(F)F. The molecule has 1 saturated carbocycles. The first kappa shape index (κ1) is 35.2. The van der Waals surface area contributed by atoms with Gasteiger partial charge in [-0.15, -0.1) is 0 Å². The first-order valence-electron chi connectivity index (χ1n) is 16.2. The molecule has 1 saturated heterocycles. The van der Waals surface area contributed by atoms with Crippen molar-refractivity contribution >= 4 is 23.7 Å². The molecule has 4 aromatic rings. The molecule has 11 nitrogen and oxygen atoms in total. The lowest BCUT2D eigenvalue weighted by Crippen LogP contribution is -2.46. The summed E-state index contributed by atoms with van der Waals surface area (Å²) < 4.78 is 67.8. The van der Waals surface area contributed by atoms with Crippen molar-refractivity contribution in [3.8, 4) is 17.1 Å². The molecule has 0 radical (unpaired) electrons. The van der Waals surface area contributed by atoms with E-state index in [1.807, 2.05) is 30.3 Å². The summed E-state index contributed by atoms with van der Waals surface area (Å²) in [6.07, 6.45) is -3.12. The number of likely N-dealkylation sites (tertiary alicyclic amines) is 1. The van der Waals surface area contributed by atoms with Gasteiger partial charge in [-0.1, -0.05) is 30.3 Å². The molecule has 3 heterocycles. The minimum Gasteiger partial charge on any atom is -0.474 e. The van der Waals surface area contributed by atoms with Crippen LogP contribution in [0, 0.1) is 23.6 Å². The van der Waals surface area contributed by atoms with Crippen LogP contribution in [0.25, 0.3) is 11.3 Å². The second-order valence-corrected chi connectivity index (χ2v) is 13.0. The summed E-state index contributed by atoms with van der Waals surface area (Å²) in [6.45, 7) is 4.90. The second kappa shape index (κ2) is 14.3. The van der Waals surface area contributed by atoms with Crippen LogP contribution in [0.5, 0.6) is 5.88 Å². The molecule has 266 valence electrons. The van der Waals surface area contributed by atoms with Crippen molar-refractivity contribution in [2.24, 2.45) is 22.9 Å². The maximum Gasteiger partial charge on any atom is 0.408 e. The molecule has 1 aliphatic heterocycles. The molecular weight excluding hydrogens is 670 g/mol. The fourth-order valence-corrected chi connectivity index (χ4v) is 6.05. The number of fused-ring (bicyclic) bond motifs is 1. The number of nitrogens with zero attached hydrogens (tertiary/aromatic N) is 5. The Morgan fingerprint density at radius 1 is 0.980 bits per heavy atom. The van der Waals surface area contributed by atoms with E-state index in [0.717, 1.165) is 12.5 Å². The average molecular weight is 706 g/mol. The molecule has 2 amide bonds. The highest BCUT2D eigenvalue weighted by Gasteiger charge is 2.61. The van der Waals surface area contributed by atoms with Crippen LogP contribution < -0.4 is 15.5 Å². The van der Waals surface area contributed by atoms with E-state index in [-0.39, 0.29) is 43.4 Å². The van der Waals surface area contributed by atoms with Crippen LogP contribution >= 0.6 is 0 Å². The number of halogens is 4. The molecule has 51 heavy (non-hydrogen) atoms. The lowest BCUT2D eigenvalue weighted by Gasteiger charge is -2.28. The Morgan fingerprint density at radius 3 is 2.29 bits per heavy atom. The molecule has 0 spiro atoms. The Labute approximate surface area is 291 Å². The molecule has 6 rings (SSSR count). The third-order valence-corrected chi connectivity index (χ3v) is 8.86. The van der Waals surface area contributed by atoms with E-state index < -0.39 is 47.3 Å². The number of aromatic nitrogens is 3. The number of nitrogens with one attached hydrogen (secondary N) is 2. The summed E-state index contributed by atoms with van der Waals surface area (Å²) in [5, 5.41) is 6.62. The quantitative estimate of drug-likeness (QED) is 0.105. The van der Waals surface area contributed by atoms with Gasteiger partial charge < -0.3 is 19.7 Å². The number of rotatable bonds is 11. The number of hydrogen-bond acceptors (Lipinski definition) is 9. The minimum atomic E-state index is -4.87. The summed E-state index contributed by atoms with van der Waals surface area (Å²) in [7, 11) is 0. The first-order valence-corrected chi connectivity index (χ1v) is 16.2. The predicted molar refractivity (Wildman–Crippen MR) is 179 cm³/mol. The van der Waals surface area contributed by atoms with Gasteiger partial charge >= 0.3 is 12.3 Å². The van der Waals surface area contributed by atoms with E-state index in [9.17, 15) is 27.2 Å². The number of hydrazone groups is 1. The van der Waals surface area contributed by atoms with Crippen molar-refractivity contribution in [3.63, 3.8) is 0 Å². The highest BCUT2D eigenvalue weighted by atomic mass is 19.4. The molecule has 0 bridgehead atoms. The average Bonchev–Trinajstić information content (AvgIpc) is 3.51. The van der Waals surface area contributed by atoms with Crippen molar-refractivity contribution in [1.82, 2.24) is 25.2 Å². The highest BCUT2D eigenvalue weighted by Crippen LogP contribution is 2.49. The van der Waals surface area contributed by atoms with Gasteiger partial charge in [-0.3, -0.25) is 4.79 Å². The number of alkyl halides is 3. The maximum atomic E-state index is 14.1. The standard InChI is InChI=1S/C36H35F4N7O4/c1-21(45-46-33-41-14-7-15-42-33)30(36(38,39)40)32(48)47-18-26-27(19-47)31(26)51-29-17-24(16-28(43-29)23-10-12-25(37)13-11-23)35(2,3)44-34(49)50-20-22-8-5-4-6-9-22/h4-17,26-27,30-31H,18-20H2,1-3H3,(H,44,49)(H,41,42,46)/b45-21+/t26-,27+,30?,31?. The lowest BCUT2D eigenvalue weighted by atomic mass is 9.93. The number of benzene rings is 2. The van der Waals surface area contributed by atoms with Crippen molar-refractivity contribution in [2.45, 2.75) is 45.2 Å². The summed E-state index contributed by atoms with van der Waals surface area (Å²) in [6, 6.07) is 19.9. The van der Waals surface area contributed by atoms with Gasteiger partial charge in [-0.2, -0.15) is 18.3 Å². The van der Waals surface area contributed by atoms with Crippen LogP contribution in [-0.2, 0) is 21.7 Å². The zero-order valence-electron chi connectivity index (χ0n) is 27.9. The predicted octanol–water partition coefficient (Wildman–Crippen LogP) is 6.34. The van der Waals surface area contributed by atoms with Gasteiger partial charge in [0.25, 0.3) is 0 Å². The maximum absolute atomic E-state index is 14.1. The number of hydrogen-bond donors (Lipinski definition) is 2. The Balaban J connectivity index is 1.15. The Hall–Kier alpha value is -5.60. The topological polar surface area (TPSA) is 131 Å². The fraction of sp³-hybridized carbons (Fsp3) is 0.333. The van der Waals surface area contributed by atoms with Gasteiger partial charge in [0.05, 0.1) is 16.9 Å². The number of alkyl carbamates (subject to hydrolysis) is 1. The Morgan fingerprint density at radius 2 is 1.65 bits per heavy atom. The summed E-state index contributed by atoms with van der Waals surface area (Å²) in [4.78, 5) is 39.6. The summed E-state index contributed by atoms with van der Waals surface area (Å²) in [5.74, 6) is -4.19. The van der Waals surface area contributed by atoms with Crippen molar-refractivity contribution in [3.05, 3.63) is 102 Å².